The molecule has 0 amide bonds. The Hall–Kier alpha value is -5.21. The number of carbonyl (C=O) groups is 7. The highest BCUT2D eigenvalue weighted by atomic mass is 35.5. The molecule has 0 spiro atoms. The molecule has 2 heterocycles. The number of hydrogen-bond donors (Lipinski definition) is 0. The van der Waals surface area contributed by atoms with Crippen molar-refractivity contribution < 1.29 is 90.4 Å². The number of benzene rings is 2. The summed E-state index contributed by atoms with van der Waals surface area (Å²) in [5.41, 5.74) is -0.335. The van der Waals surface area contributed by atoms with Crippen LogP contribution in [0.25, 0.3) is 0 Å². The van der Waals surface area contributed by atoms with E-state index in [1.165, 1.54) is 37.4 Å². The molecule has 0 aliphatic carbocycles. The van der Waals surface area contributed by atoms with Gasteiger partial charge < -0.3 is 56.8 Å². The van der Waals surface area contributed by atoms with Crippen LogP contribution in [-0.2, 0) is 76.1 Å². The zero-order valence-corrected chi connectivity index (χ0v) is 34.3. The highest BCUT2D eigenvalue weighted by Gasteiger charge is 2.58. The van der Waals surface area contributed by atoms with Gasteiger partial charge in [0.2, 0.25) is 6.29 Å². The fraction of sp³-hybridized carbons (Fsp3) is 0.500. The van der Waals surface area contributed by atoms with E-state index in [4.69, 9.17) is 80.0 Å². The van der Waals surface area contributed by atoms with Crippen LogP contribution in [0.1, 0.15) is 51.9 Å². The van der Waals surface area contributed by atoms with Gasteiger partial charge in [-0.1, -0.05) is 29.3 Å². The van der Waals surface area contributed by atoms with Crippen LogP contribution >= 0.6 is 23.2 Å². The van der Waals surface area contributed by atoms with Crippen LogP contribution in [0.4, 0.5) is 0 Å². The van der Waals surface area contributed by atoms with E-state index in [1.54, 1.807) is 12.1 Å². The van der Waals surface area contributed by atoms with Gasteiger partial charge in [0.15, 0.2) is 36.8 Å². The predicted octanol–water partition coefficient (Wildman–Crippen LogP) is 3.29. The Morgan fingerprint density at radius 2 is 0.949 bits per heavy atom. The molecule has 19 nitrogen and oxygen atoms in total. The van der Waals surface area contributed by atoms with Gasteiger partial charge in [-0.2, -0.15) is 0 Å². The van der Waals surface area contributed by atoms with Crippen LogP contribution in [0, 0.1) is 0 Å². The third-order valence-electron chi connectivity index (χ3n) is 8.31. The topological polar surface area (TPSA) is 230 Å². The van der Waals surface area contributed by atoms with Crippen molar-refractivity contribution in [3.63, 3.8) is 0 Å². The molecule has 322 valence electrons. The lowest BCUT2D eigenvalue weighted by molar-refractivity contribution is -0.353. The number of methoxy groups -OCH3 is 1. The molecule has 2 saturated heterocycles. The Labute approximate surface area is 347 Å². The smallest absolute Gasteiger partial charge is 0.341 e. The SMILES string of the molecule is COc1ccc(O[C@@H]2O[C@H](COC(C)=O)[C@H](OC(C)=O)[C@H](O[C@@H]3O[C@H](COC(C)=O)[C@H](OC(C)=O)[C@H](OC(C)=O)[C@H]3OC(=O)c3c(Cl)cccc3Cl)[C@H]2OC(C)=O)cc1. The molecule has 0 aromatic heterocycles. The maximum Gasteiger partial charge on any atom is 0.341 e. The van der Waals surface area contributed by atoms with Crippen molar-refractivity contribution in [2.45, 2.75) is 103 Å². The van der Waals surface area contributed by atoms with Gasteiger partial charge in [-0.25, -0.2) is 4.79 Å². The normalized spacial score (nSPS) is 26.3. The molecule has 2 fully saturated rings. The first-order valence-electron chi connectivity index (χ1n) is 17.8. The molecule has 0 radical (unpaired) electrons. The van der Waals surface area contributed by atoms with Crippen LogP contribution < -0.4 is 9.47 Å². The molecule has 2 aromatic rings. The van der Waals surface area contributed by atoms with E-state index < -0.39 is 116 Å². The number of ether oxygens (including phenoxy) is 12. The van der Waals surface area contributed by atoms with Gasteiger partial charge in [-0.3, -0.25) is 28.8 Å². The Morgan fingerprint density at radius 3 is 1.42 bits per heavy atom. The van der Waals surface area contributed by atoms with Crippen LogP contribution in [-0.4, -0.2) is 124 Å². The third-order valence-corrected chi connectivity index (χ3v) is 8.94. The average Bonchev–Trinajstić information content (AvgIpc) is 3.14. The zero-order valence-electron chi connectivity index (χ0n) is 32.7. The molecule has 21 heteroatoms. The summed E-state index contributed by atoms with van der Waals surface area (Å²) in [6, 6.07) is 10.3. The largest absolute Gasteiger partial charge is 0.497 e. The molecule has 4 rings (SSSR count). The molecular formula is C38H42Cl2O19. The zero-order chi connectivity index (χ0) is 43.6. The standard InChI is InChI=1S/C38H42Cl2O19/c1-17(41)49-15-27-30(51-19(3)43)32(53-21(5)45)35(58-36(47)29-25(39)9-8-10-26(29)40)38(57-27)59-33-31(52-20(4)44)28(16-50-18(2)42)56-37(34(33)54-22(6)46)55-24-13-11-23(48-7)12-14-24/h8-14,27-28,30-35,37-38H,15-16H2,1-7H3/t27-,28-,30+,31+,32+,33+,34-,35-,37-,38+/m1/s1. The van der Waals surface area contributed by atoms with Gasteiger partial charge in [-0.05, 0) is 36.4 Å². The maximum atomic E-state index is 13.9. The van der Waals surface area contributed by atoms with E-state index in [-0.39, 0.29) is 21.4 Å². The molecule has 10 atom stereocenters. The molecule has 0 unspecified atom stereocenters. The Morgan fingerprint density at radius 1 is 0.525 bits per heavy atom. The number of esters is 7. The van der Waals surface area contributed by atoms with Gasteiger partial charge in [-0.15, -0.1) is 0 Å². The third kappa shape index (κ3) is 12.9. The fourth-order valence-corrected chi connectivity index (χ4v) is 6.59. The first kappa shape index (κ1) is 46.5. The lowest BCUT2D eigenvalue weighted by Crippen LogP contribution is -2.67. The van der Waals surface area contributed by atoms with E-state index in [2.05, 4.69) is 0 Å². The second-order valence-corrected chi connectivity index (χ2v) is 13.7. The first-order chi connectivity index (χ1) is 27.9. The summed E-state index contributed by atoms with van der Waals surface area (Å²) in [5.74, 6) is -5.81. The molecule has 2 aliphatic heterocycles. The minimum atomic E-state index is -1.98. The van der Waals surface area contributed by atoms with Crippen molar-refractivity contribution in [1.29, 1.82) is 0 Å². The molecule has 2 aliphatic rings. The van der Waals surface area contributed by atoms with Gasteiger partial charge in [0.25, 0.3) is 0 Å². The summed E-state index contributed by atoms with van der Waals surface area (Å²) < 4.78 is 69.0. The van der Waals surface area contributed by atoms with Crippen molar-refractivity contribution in [2.24, 2.45) is 0 Å². The van der Waals surface area contributed by atoms with Crippen LogP contribution in [0.3, 0.4) is 0 Å². The molecule has 0 saturated carbocycles. The van der Waals surface area contributed by atoms with Gasteiger partial charge in [0.05, 0.1) is 22.7 Å². The molecule has 2 aromatic carbocycles. The van der Waals surface area contributed by atoms with Gasteiger partial charge >= 0.3 is 41.8 Å². The Kier molecular flexibility index (Phi) is 16.7. The summed E-state index contributed by atoms with van der Waals surface area (Å²) in [6.07, 6.45) is -16.9. The van der Waals surface area contributed by atoms with Crippen molar-refractivity contribution in [1.82, 2.24) is 0 Å². The number of hydrogen-bond acceptors (Lipinski definition) is 19. The second kappa shape index (κ2) is 21.2. The Bertz CT molecular complexity index is 1830. The van der Waals surface area contributed by atoms with E-state index in [1.807, 2.05) is 0 Å². The van der Waals surface area contributed by atoms with Crippen LogP contribution in [0.5, 0.6) is 11.5 Å². The molecule has 0 bridgehead atoms. The quantitative estimate of drug-likeness (QED) is 0.185. The van der Waals surface area contributed by atoms with Crippen LogP contribution in [0.2, 0.25) is 10.0 Å². The minimum absolute atomic E-state index is 0.147. The lowest BCUT2D eigenvalue weighted by atomic mass is 9.95. The Balaban J connectivity index is 1.92. The highest BCUT2D eigenvalue weighted by Crippen LogP contribution is 2.37. The average molecular weight is 874 g/mol. The summed E-state index contributed by atoms with van der Waals surface area (Å²) >= 11 is 12.7. The molecule has 59 heavy (non-hydrogen) atoms. The minimum Gasteiger partial charge on any atom is -0.497 e. The predicted molar refractivity (Wildman–Crippen MR) is 197 cm³/mol. The van der Waals surface area contributed by atoms with E-state index >= 15 is 0 Å². The second-order valence-electron chi connectivity index (χ2n) is 12.8. The number of rotatable bonds is 15. The summed E-state index contributed by atoms with van der Waals surface area (Å²) in [7, 11) is 1.45. The van der Waals surface area contributed by atoms with Gasteiger partial charge in [0, 0.05) is 41.5 Å². The summed E-state index contributed by atoms with van der Waals surface area (Å²) in [6.45, 7) is 5.12. The molecular weight excluding hydrogens is 831 g/mol. The van der Waals surface area contributed by atoms with E-state index in [0.29, 0.717) is 5.75 Å². The van der Waals surface area contributed by atoms with Crippen molar-refractivity contribution in [3.05, 3.63) is 58.1 Å². The lowest BCUT2D eigenvalue weighted by Gasteiger charge is -2.48. The summed E-state index contributed by atoms with van der Waals surface area (Å²) in [5, 5.41) is -0.294. The van der Waals surface area contributed by atoms with Crippen molar-refractivity contribution >= 4 is 65.0 Å². The number of halogens is 2. The van der Waals surface area contributed by atoms with Gasteiger partial charge in [0.1, 0.15) is 43.0 Å². The highest BCUT2D eigenvalue weighted by molar-refractivity contribution is 6.39. The maximum absolute atomic E-state index is 13.9. The van der Waals surface area contributed by atoms with E-state index in [0.717, 1.165) is 41.5 Å². The fourth-order valence-electron chi connectivity index (χ4n) is 6.04. The van der Waals surface area contributed by atoms with E-state index in [9.17, 15) is 33.6 Å². The monoisotopic (exact) mass is 872 g/mol. The van der Waals surface area contributed by atoms with Crippen LogP contribution in [0.15, 0.2) is 42.5 Å². The first-order valence-corrected chi connectivity index (χ1v) is 18.5. The molecule has 0 N–H and O–H groups in total. The van der Waals surface area contributed by atoms with Crippen molar-refractivity contribution in [3.8, 4) is 11.5 Å². The number of carbonyl (C=O) groups excluding carboxylic acids is 7. The summed E-state index contributed by atoms with van der Waals surface area (Å²) in [4.78, 5) is 88.5. The van der Waals surface area contributed by atoms with Crippen molar-refractivity contribution in [2.75, 3.05) is 20.3 Å².